The summed E-state index contributed by atoms with van der Waals surface area (Å²) < 4.78 is 30.1. The highest BCUT2D eigenvalue weighted by Gasteiger charge is 2.24. The first-order valence-corrected chi connectivity index (χ1v) is 4.80. The SMILES string of the molecule is C=C(C)C(=O)OCCNCC(F)(F)CC. The first-order chi connectivity index (χ1) is 6.89. The van der Waals surface area contributed by atoms with Crippen LogP contribution in [0, 0.1) is 0 Å². The number of hydrogen-bond donors (Lipinski definition) is 1. The number of nitrogens with one attached hydrogen (secondary N) is 1. The van der Waals surface area contributed by atoms with E-state index in [1.165, 1.54) is 13.8 Å². The molecule has 0 aliphatic heterocycles. The van der Waals surface area contributed by atoms with Gasteiger partial charge in [0.1, 0.15) is 6.61 Å². The van der Waals surface area contributed by atoms with Gasteiger partial charge in [0.15, 0.2) is 0 Å². The first-order valence-electron chi connectivity index (χ1n) is 4.80. The fourth-order valence-electron chi connectivity index (χ4n) is 0.735. The van der Waals surface area contributed by atoms with E-state index in [-0.39, 0.29) is 19.6 Å². The van der Waals surface area contributed by atoms with Crippen LogP contribution in [0.5, 0.6) is 0 Å². The minimum Gasteiger partial charge on any atom is -0.461 e. The van der Waals surface area contributed by atoms with Crippen LogP contribution in [0.4, 0.5) is 8.78 Å². The predicted molar refractivity (Wildman–Crippen MR) is 53.9 cm³/mol. The number of halogens is 2. The molecular weight excluding hydrogens is 204 g/mol. The van der Waals surface area contributed by atoms with Crippen molar-refractivity contribution >= 4 is 5.97 Å². The van der Waals surface area contributed by atoms with E-state index in [2.05, 4.69) is 11.9 Å². The van der Waals surface area contributed by atoms with E-state index in [0.29, 0.717) is 5.57 Å². The second-order valence-electron chi connectivity index (χ2n) is 3.30. The van der Waals surface area contributed by atoms with Crippen molar-refractivity contribution < 1.29 is 18.3 Å². The van der Waals surface area contributed by atoms with Gasteiger partial charge in [-0.3, -0.25) is 0 Å². The highest BCUT2D eigenvalue weighted by atomic mass is 19.3. The largest absolute Gasteiger partial charge is 0.461 e. The van der Waals surface area contributed by atoms with Gasteiger partial charge in [-0.2, -0.15) is 0 Å². The molecule has 0 aromatic carbocycles. The van der Waals surface area contributed by atoms with Crippen molar-refractivity contribution in [3.63, 3.8) is 0 Å². The molecule has 0 saturated carbocycles. The Kier molecular flexibility index (Phi) is 6.08. The van der Waals surface area contributed by atoms with E-state index in [1.54, 1.807) is 0 Å². The van der Waals surface area contributed by atoms with Gasteiger partial charge in [0.2, 0.25) is 0 Å². The zero-order valence-corrected chi connectivity index (χ0v) is 9.11. The second kappa shape index (κ2) is 6.50. The molecule has 0 aliphatic rings. The summed E-state index contributed by atoms with van der Waals surface area (Å²) in [6, 6.07) is 0. The molecule has 0 aliphatic carbocycles. The standard InChI is InChI=1S/C10H17F2NO2/c1-4-10(11,12)7-13-5-6-15-9(14)8(2)3/h13H,2,4-7H2,1,3H3. The molecule has 88 valence electrons. The smallest absolute Gasteiger partial charge is 0.333 e. The number of alkyl halides is 2. The van der Waals surface area contributed by atoms with Gasteiger partial charge in [-0.1, -0.05) is 13.5 Å². The van der Waals surface area contributed by atoms with Gasteiger partial charge in [0, 0.05) is 18.5 Å². The number of ether oxygens (including phenoxy) is 1. The average Bonchev–Trinajstić information content (AvgIpc) is 2.16. The molecule has 0 bridgehead atoms. The molecule has 15 heavy (non-hydrogen) atoms. The molecule has 0 saturated heterocycles. The molecule has 0 unspecified atom stereocenters. The van der Waals surface area contributed by atoms with Gasteiger partial charge in [0.05, 0.1) is 6.54 Å². The van der Waals surface area contributed by atoms with E-state index in [9.17, 15) is 13.6 Å². The van der Waals surface area contributed by atoms with E-state index >= 15 is 0 Å². The van der Waals surface area contributed by atoms with Crippen LogP contribution in [0.2, 0.25) is 0 Å². The Bertz CT molecular complexity index is 229. The lowest BCUT2D eigenvalue weighted by Crippen LogP contribution is -2.34. The summed E-state index contributed by atoms with van der Waals surface area (Å²) in [6.07, 6.45) is -0.203. The number of rotatable bonds is 7. The van der Waals surface area contributed by atoms with Crippen LogP contribution < -0.4 is 5.32 Å². The van der Waals surface area contributed by atoms with Crippen LogP contribution in [0.1, 0.15) is 20.3 Å². The lowest BCUT2D eigenvalue weighted by Gasteiger charge is -2.14. The minimum absolute atomic E-state index is 0.0749. The van der Waals surface area contributed by atoms with Crippen LogP contribution in [-0.2, 0) is 9.53 Å². The van der Waals surface area contributed by atoms with Crippen LogP contribution in [-0.4, -0.2) is 31.6 Å². The summed E-state index contributed by atoms with van der Waals surface area (Å²) in [5, 5.41) is 2.51. The molecule has 5 heteroatoms. The highest BCUT2D eigenvalue weighted by molar-refractivity contribution is 5.86. The molecule has 0 atom stereocenters. The predicted octanol–water partition coefficient (Wildman–Crippen LogP) is 1.74. The maximum atomic E-state index is 12.7. The zero-order chi connectivity index (χ0) is 11.9. The quantitative estimate of drug-likeness (QED) is 0.404. The number of carbonyl (C=O) groups excluding carboxylic acids is 1. The maximum Gasteiger partial charge on any atom is 0.333 e. The molecular formula is C10H17F2NO2. The van der Waals surface area contributed by atoms with E-state index in [4.69, 9.17) is 4.74 Å². The second-order valence-corrected chi connectivity index (χ2v) is 3.30. The van der Waals surface area contributed by atoms with E-state index in [1.807, 2.05) is 0 Å². The number of hydrogen-bond acceptors (Lipinski definition) is 3. The van der Waals surface area contributed by atoms with Crippen molar-refractivity contribution in [2.45, 2.75) is 26.2 Å². The van der Waals surface area contributed by atoms with Crippen molar-refractivity contribution in [3.8, 4) is 0 Å². The van der Waals surface area contributed by atoms with Gasteiger partial charge in [0.25, 0.3) is 5.92 Å². The summed E-state index contributed by atoms with van der Waals surface area (Å²) in [7, 11) is 0. The zero-order valence-electron chi connectivity index (χ0n) is 9.11. The summed E-state index contributed by atoms with van der Waals surface area (Å²) in [5.74, 6) is -3.20. The van der Waals surface area contributed by atoms with Crippen molar-refractivity contribution in [1.82, 2.24) is 5.32 Å². The van der Waals surface area contributed by atoms with Crippen molar-refractivity contribution in [1.29, 1.82) is 0 Å². The molecule has 3 nitrogen and oxygen atoms in total. The van der Waals surface area contributed by atoms with Gasteiger partial charge >= 0.3 is 5.97 Å². The molecule has 0 aromatic heterocycles. The van der Waals surface area contributed by atoms with E-state index < -0.39 is 18.4 Å². The fourth-order valence-corrected chi connectivity index (χ4v) is 0.735. The van der Waals surface area contributed by atoms with Gasteiger partial charge in [-0.15, -0.1) is 0 Å². The Balaban J connectivity index is 3.48. The van der Waals surface area contributed by atoms with Crippen LogP contribution in [0.25, 0.3) is 0 Å². The van der Waals surface area contributed by atoms with Gasteiger partial charge in [-0.05, 0) is 6.92 Å². The normalized spacial score (nSPS) is 11.2. The summed E-state index contributed by atoms with van der Waals surface area (Å²) in [6.45, 7) is 6.24. The number of esters is 1. The Labute approximate surface area is 88.5 Å². The van der Waals surface area contributed by atoms with Gasteiger partial charge in [-0.25, -0.2) is 13.6 Å². The molecule has 0 heterocycles. The Morgan fingerprint density at radius 1 is 1.53 bits per heavy atom. The third kappa shape index (κ3) is 7.02. The highest BCUT2D eigenvalue weighted by Crippen LogP contribution is 2.15. The lowest BCUT2D eigenvalue weighted by molar-refractivity contribution is -0.138. The molecule has 0 spiro atoms. The minimum atomic E-state index is -2.70. The molecule has 1 N–H and O–H groups in total. The number of carbonyl (C=O) groups is 1. The molecule has 0 fully saturated rings. The molecule has 0 amide bonds. The Hall–Kier alpha value is -0.970. The maximum absolute atomic E-state index is 12.7. The van der Waals surface area contributed by atoms with Crippen molar-refractivity contribution in [3.05, 3.63) is 12.2 Å². The summed E-state index contributed by atoms with van der Waals surface area (Å²) >= 11 is 0. The lowest BCUT2D eigenvalue weighted by atomic mass is 10.2. The van der Waals surface area contributed by atoms with Gasteiger partial charge < -0.3 is 10.1 Å². The van der Waals surface area contributed by atoms with Crippen molar-refractivity contribution in [2.75, 3.05) is 19.7 Å². The average molecular weight is 221 g/mol. The molecule has 0 radical (unpaired) electrons. The summed E-state index contributed by atoms with van der Waals surface area (Å²) in [5.41, 5.74) is 0.300. The monoisotopic (exact) mass is 221 g/mol. The molecule has 0 aromatic rings. The molecule has 0 rings (SSSR count). The third-order valence-corrected chi connectivity index (χ3v) is 1.76. The Morgan fingerprint density at radius 2 is 2.13 bits per heavy atom. The fraction of sp³-hybridized carbons (Fsp3) is 0.700. The van der Waals surface area contributed by atoms with Crippen LogP contribution in [0.15, 0.2) is 12.2 Å². The third-order valence-electron chi connectivity index (χ3n) is 1.76. The topological polar surface area (TPSA) is 38.3 Å². The van der Waals surface area contributed by atoms with Crippen LogP contribution in [0.3, 0.4) is 0 Å². The summed E-state index contributed by atoms with van der Waals surface area (Å²) in [4.78, 5) is 10.9. The van der Waals surface area contributed by atoms with Crippen LogP contribution >= 0.6 is 0 Å². The first kappa shape index (κ1) is 14.0. The van der Waals surface area contributed by atoms with E-state index in [0.717, 1.165) is 0 Å². The van der Waals surface area contributed by atoms with Crippen molar-refractivity contribution in [2.24, 2.45) is 0 Å². The Morgan fingerprint density at radius 3 is 2.60 bits per heavy atom.